The van der Waals surface area contributed by atoms with Crippen LogP contribution in [0.15, 0.2) is 71.9 Å². The maximum atomic E-state index is 11.8. The topological polar surface area (TPSA) is 105 Å². The van der Waals surface area contributed by atoms with Gasteiger partial charge >= 0.3 is 0 Å². The third-order valence-corrected chi connectivity index (χ3v) is 6.23. The first-order chi connectivity index (χ1) is 14.9. The smallest absolute Gasteiger partial charge is 0.238 e. The van der Waals surface area contributed by atoms with Crippen LogP contribution < -0.4 is 5.14 Å². The second-order valence-electron chi connectivity index (χ2n) is 7.58. The van der Waals surface area contributed by atoms with Crippen LogP contribution in [0.25, 0.3) is 10.9 Å². The number of nitrogens with zero attached hydrogens (tertiary/aromatic N) is 3. The van der Waals surface area contributed by atoms with Crippen LogP contribution in [0.5, 0.6) is 0 Å². The lowest BCUT2D eigenvalue weighted by molar-refractivity contribution is 0.254. The van der Waals surface area contributed by atoms with Crippen molar-refractivity contribution in [2.45, 2.75) is 31.3 Å². The molecule has 0 saturated carbocycles. The Balaban J connectivity index is 1.60. The molecule has 3 heterocycles. The molecular weight excluding hydrogens is 410 g/mol. The van der Waals surface area contributed by atoms with Crippen molar-refractivity contribution in [1.82, 2.24) is 19.9 Å². The van der Waals surface area contributed by atoms with Crippen LogP contribution >= 0.6 is 0 Å². The summed E-state index contributed by atoms with van der Waals surface area (Å²) in [6.07, 6.45) is 4.35. The van der Waals surface area contributed by atoms with Crippen LogP contribution in [-0.4, -0.2) is 34.8 Å². The Kier molecular flexibility index (Phi) is 6.13. The number of primary sulfonamides is 1. The molecule has 0 aliphatic carbocycles. The highest BCUT2D eigenvalue weighted by Crippen LogP contribution is 2.26. The van der Waals surface area contributed by atoms with E-state index >= 15 is 0 Å². The molecule has 31 heavy (non-hydrogen) atoms. The van der Waals surface area contributed by atoms with Gasteiger partial charge < -0.3 is 4.98 Å². The van der Waals surface area contributed by atoms with Gasteiger partial charge in [0, 0.05) is 48.6 Å². The van der Waals surface area contributed by atoms with Gasteiger partial charge in [-0.05, 0) is 61.4 Å². The molecule has 4 aromatic rings. The number of fused-ring (bicyclic) bond motifs is 1. The molecule has 3 N–H and O–H groups in total. The molecule has 7 nitrogen and oxygen atoms in total. The molecule has 0 amide bonds. The summed E-state index contributed by atoms with van der Waals surface area (Å²) in [6.45, 7) is 4.16. The van der Waals surface area contributed by atoms with Crippen molar-refractivity contribution in [2.75, 3.05) is 6.54 Å². The largest absolute Gasteiger partial charge is 0.358 e. The van der Waals surface area contributed by atoms with Crippen molar-refractivity contribution in [2.24, 2.45) is 5.14 Å². The summed E-state index contributed by atoms with van der Waals surface area (Å²) in [4.78, 5) is 14.7. The third-order valence-electron chi connectivity index (χ3n) is 5.32. The van der Waals surface area contributed by atoms with Gasteiger partial charge in [-0.1, -0.05) is 12.1 Å². The number of rotatable bonds is 8. The Bertz CT molecular complexity index is 1230. The number of sulfonamides is 1. The number of benzene rings is 1. The fourth-order valence-electron chi connectivity index (χ4n) is 3.79. The van der Waals surface area contributed by atoms with Gasteiger partial charge in [0.05, 0.1) is 16.3 Å². The van der Waals surface area contributed by atoms with Gasteiger partial charge in [0.15, 0.2) is 0 Å². The quantitative estimate of drug-likeness (QED) is 0.442. The lowest BCUT2D eigenvalue weighted by Gasteiger charge is -2.22. The number of hydrogen-bond acceptors (Lipinski definition) is 5. The molecule has 0 atom stereocenters. The van der Waals surface area contributed by atoms with Gasteiger partial charge in [0.25, 0.3) is 0 Å². The minimum atomic E-state index is -3.76. The van der Waals surface area contributed by atoms with E-state index in [0.717, 1.165) is 46.5 Å². The van der Waals surface area contributed by atoms with Gasteiger partial charge in [-0.25, -0.2) is 13.6 Å². The summed E-state index contributed by atoms with van der Waals surface area (Å²) >= 11 is 0. The fourth-order valence-corrected chi connectivity index (χ4v) is 4.33. The number of aromatic nitrogens is 3. The predicted molar refractivity (Wildman–Crippen MR) is 121 cm³/mol. The Morgan fingerprint density at radius 1 is 0.968 bits per heavy atom. The van der Waals surface area contributed by atoms with E-state index in [9.17, 15) is 8.42 Å². The van der Waals surface area contributed by atoms with E-state index in [1.165, 1.54) is 6.07 Å². The highest BCUT2D eigenvalue weighted by Gasteiger charge is 2.16. The molecular formula is C23H25N5O2S. The Morgan fingerprint density at radius 2 is 1.61 bits per heavy atom. The number of H-pyrrole nitrogens is 1. The predicted octanol–water partition coefficient (Wildman–Crippen LogP) is 3.16. The summed E-state index contributed by atoms with van der Waals surface area (Å²) in [5.74, 6) is 0. The number of nitrogens with one attached hydrogen (secondary N) is 1. The Hall–Kier alpha value is -3.07. The minimum absolute atomic E-state index is 0.124. The molecule has 0 fully saturated rings. The number of pyridine rings is 2. The fraction of sp³-hybridized carbons (Fsp3) is 0.217. The molecule has 8 heteroatoms. The molecule has 0 unspecified atom stereocenters. The molecule has 0 saturated heterocycles. The zero-order valence-electron chi connectivity index (χ0n) is 17.3. The molecule has 0 aliphatic heterocycles. The maximum absolute atomic E-state index is 11.8. The molecule has 4 rings (SSSR count). The van der Waals surface area contributed by atoms with Gasteiger partial charge in [0.2, 0.25) is 10.0 Å². The van der Waals surface area contributed by atoms with E-state index < -0.39 is 10.0 Å². The highest BCUT2D eigenvalue weighted by atomic mass is 32.2. The summed E-state index contributed by atoms with van der Waals surface area (Å²) in [5.41, 5.74) is 5.00. The van der Waals surface area contributed by atoms with Crippen LogP contribution in [0.1, 0.15) is 22.6 Å². The Labute approximate surface area is 182 Å². The number of aryl methyl sites for hydroxylation is 1. The average molecular weight is 436 g/mol. The summed E-state index contributed by atoms with van der Waals surface area (Å²) in [6, 6.07) is 16.8. The van der Waals surface area contributed by atoms with E-state index in [1.54, 1.807) is 24.5 Å². The maximum Gasteiger partial charge on any atom is 0.238 e. The van der Waals surface area contributed by atoms with Crippen molar-refractivity contribution >= 4 is 20.9 Å². The van der Waals surface area contributed by atoms with E-state index in [0.29, 0.717) is 13.1 Å². The average Bonchev–Trinajstić information content (AvgIpc) is 3.07. The molecule has 0 radical (unpaired) electrons. The molecule has 3 aromatic heterocycles. The van der Waals surface area contributed by atoms with E-state index in [1.807, 2.05) is 43.3 Å². The summed E-state index contributed by atoms with van der Waals surface area (Å²) < 4.78 is 23.6. The van der Waals surface area contributed by atoms with Crippen molar-refractivity contribution in [3.63, 3.8) is 0 Å². The first kappa shape index (κ1) is 21.2. The van der Waals surface area contributed by atoms with Gasteiger partial charge in [-0.2, -0.15) is 0 Å². The first-order valence-corrected chi connectivity index (χ1v) is 11.6. The van der Waals surface area contributed by atoms with Crippen molar-refractivity contribution < 1.29 is 8.42 Å². The normalized spacial score (nSPS) is 12.0. The number of aromatic amines is 1. The highest BCUT2D eigenvalue weighted by molar-refractivity contribution is 7.89. The van der Waals surface area contributed by atoms with Crippen molar-refractivity contribution in [3.8, 4) is 0 Å². The van der Waals surface area contributed by atoms with Gasteiger partial charge in [-0.3, -0.25) is 14.9 Å². The van der Waals surface area contributed by atoms with Crippen LogP contribution in [0.3, 0.4) is 0 Å². The molecule has 0 bridgehead atoms. The van der Waals surface area contributed by atoms with Crippen molar-refractivity contribution in [1.29, 1.82) is 0 Å². The first-order valence-electron chi connectivity index (χ1n) is 10.1. The van der Waals surface area contributed by atoms with E-state index in [2.05, 4.69) is 19.9 Å². The molecule has 160 valence electrons. The van der Waals surface area contributed by atoms with Gasteiger partial charge in [-0.15, -0.1) is 0 Å². The molecule has 1 aromatic carbocycles. The number of hydrogen-bond donors (Lipinski definition) is 2. The lowest BCUT2D eigenvalue weighted by atomic mass is 10.1. The monoisotopic (exact) mass is 435 g/mol. The zero-order valence-corrected chi connectivity index (χ0v) is 18.1. The lowest BCUT2D eigenvalue weighted by Crippen LogP contribution is -2.26. The van der Waals surface area contributed by atoms with Crippen LogP contribution in [0.4, 0.5) is 0 Å². The van der Waals surface area contributed by atoms with Crippen molar-refractivity contribution in [3.05, 3.63) is 89.6 Å². The van der Waals surface area contributed by atoms with Crippen LogP contribution in [-0.2, 0) is 29.5 Å². The second-order valence-corrected chi connectivity index (χ2v) is 9.15. The van der Waals surface area contributed by atoms with E-state index in [4.69, 9.17) is 5.14 Å². The third kappa shape index (κ3) is 5.16. The second kappa shape index (κ2) is 8.97. The zero-order chi connectivity index (χ0) is 21.8. The molecule has 0 aliphatic rings. The van der Waals surface area contributed by atoms with Crippen LogP contribution in [0, 0.1) is 6.92 Å². The van der Waals surface area contributed by atoms with Gasteiger partial charge in [0.1, 0.15) is 0 Å². The SMILES string of the molecule is Cc1[nH]c2ccc(S(N)(=O)=O)cc2c1CCN(Cc1ccccn1)Cc1ccccn1. The summed E-state index contributed by atoms with van der Waals surface area (Å²) in [5, 5.41) is 6.23. The standard InChI is InChI=1S/C23H25N5O2S/c1-17-21(22-14-20(31(24,29)30)8-9-23(22)27-17)10-13-28(15-18-6-2-4-11-25-18)16-19-7-3-5-12-26-19/h2-9,11-12,14,27H,10,13,15-16H2,1H3,(H2,24,29,30). The number of nitrogens with two attached hydrogens (primary N) is 1. The molecule has 0 spiro atoms. The van der Waals surface area contributed by atoms with E-state index in [-0.39, 0.29) is 4.90 Å². The Morgan fingerprint density at radius 3 is 2.16 bits per heavy atom. The summed E-state index contributed by atoms with van der Waals surface area (Å²) in [7, 11) is -3.76. The van der Waals surface area contributed by atoms with Crippen LogP contribution in [0.2, 0.25) is 0 Å². The minimum Gasteiger partial charge on any atom is -0.358 e.